The van der Waals surface area contributed by atoms with Gasteiger partial charge in [-0.05, 0) is 0 Å². The lowest BCUT2D eigenvalue weighted by Crippen LogP contribution is -2.46. The summed E-state index contributed by atoms with van der Waals surface area (Å²) in [4.78, 5) is 13.5. The minimum Gasteiger partial charge on any atom is -0.395 e. The smallest absolute Gasteiger partial charge is 0.266 e. The van der Waals surface area contributed by atoms with Crippen LogP contribution in [0, 0.1) is 11.3 Å². The van der Waals surface area contributed by atoms with E-state index in [1.165, 1.54) is 6.20 Å². The summed E-state index contributed by atoms with van der Waals surface area (Å²) >= 11 is 0. The van der Waals surface area contributed by atoms with Crippen molar-refractivity contribution >= 4 is 5.91 Å². The molecule has 0 unspecified atom stereocenters. The number of carbonyl (C=O) groups excluding carboxylic acids is 1. The van der Waals surface area contributed by atoms with Crippen LogP contribution in [0.15, 0.2) is 11.8 Å². The fraction of sp³-hybridized carbons (Fsp3) is 0.600. The molecule has 1 aliphatic heterocycles. The van der Waals surface area contributed by atoms with Crippen LogP contribution >= 0.6 is 0 Å². The molecule has 1 fully saturated rings. The normalized spacial score (nSPS) is 16.8. The number of carbonyl (C=O) groups is 1. The van der Waals surface area contributed by atoms with E-state index in [2.05, 4.69) is 10.6 Å². The lowest BCUT2D eigenvalue weighted by atomic mass is 10.2. The average molecular weight is 224 g/mol. The standard InChI is InChI=1S/C10H16N4O2/c11-7-9(8-13-3-6-15)10(16)14-4-1-12-2-5-14/h8,12-13,15H,1-6H2/b9-8-. The number of nitrogens with zero attached hydrogens (tertiary/aromatic N) is 2. The molecule has 0 spiro atoms. The highest BCUT2D eigenvalue weighted by Crippen LogP contribution is 2.01. The number of nitriles is 1. The van der Waals surface area contributed by atoms with Crippen molar-refractivity contribution in [3.8, 4) is 6.07 Å². The number of hydrogen-bond donors (Lipinski definition) is 3. The van der Waals surface area contributed by atoms with Gasteiger partial charge >= 0.3 is 0 Å². The van der Waals surface area contributed by atoms with Gasteiger partial charge in [0.15, 0.2) is 0 Å². The molecule has 0 aliphatic carbocycles. The van der Waals surface area contributed by atoms with Crippen LogP contribution < -0.4 is 10.6 Å². The van der Waals surface area contributed by atoms with E-state index in [0.29, 0.717) is 19.6 Å². The Morgan fingerprint density at radius 2 is 2.25 bits per heavy atom. The van der Waals surface area contributed by atoms with Gasteiger partial charge in [0.25, 0.3) is 5.91 Å². The average Bonchev–Trinajstić information content (AvgIpc) is 2.35. The summed E-state index contributed by atoms with van der Waals surface area (Å²) < 4.78 is 0. The summed E-state index contributed by atoms with van der Waals surface area (Å²) in [5.41, 5.74) is 0.0790. The zero-order valence-electron chi connectivity index (χ0n) is 9.07. The molecule has 1 saturated heterocycles. The van der Waals surface area contributed by atoms with E-state index in [4.69, 9.17) is 10.4 Å². The summed E-state index contributed by atoms with van der Waals surface area (Å²) in [6.07, 6.45) is 1.36. The van der Waals surface area contributed by atoms with Crippen molar-refractivity contribution in [3.05, 3.63) is 11.8 Å². The van der Waals surface area contributed by atoms with Crippen LogP contribution in [0.4, 0.5) is 0 Å². The molecule has 0 aromatic rings. The van der Waals surface area contributed by atoms with Gasteiger partial charge in [0.1, 0.15) is 11.6 Å². The maximum Gasteiger partial charge on any atom is 0.266 e. The second-order valence-corrected chi connectivity index (χ2v) is 3.39. The molecule has 0 aromatic carbocycles. The molecule has 1 aliphatic rings. The highest BCUT2D eigenvalue weighted by atomic mass is 16.3. The quantitative estimate of drug-likeness (QED) is 0.304. The van der Waals surface area contributed by atoms with Gasteiger partial charge in [-0.3, -0.25) is 4.79 Å². The number of amides is 1. The highest BCUT2D eigenvalue weighted by Gasteiger charge is 2.19. The predicted molar refractivity (Wildman–Crippen MR) is 58.2 cm³/mol. The van der Waals surface area contributed by atoms with Gasteiger partial charge < -0.3 is 20.6 Å². The van der Waals surface area contributed by atoms with Crippen LogP contribution in [-0.4, -0.2) is 55.2 Å². The van der Waals surface area contributed by atoms with Crippen molar-refractivity contribution in [1.82, 2.24) is 15.5 Å². The predicted octanol–water partition coefficient (Wildman–Crippen LogP) is -1.59. The topological polar surface area (TPSA) is 88.4 Å². The van der Waals surface area contributed by atoms with Gasteiger partial charge in [-0.2, -0.15) is 5.26 Å². The number of aliphatic hydroxyl groups is 1. The second kappa shape index (κ2) is 6.82. The Labute approximate surface area is 94.5 Å². The first-order valence-corrected chi connectivity index (χ1v) is 5.24. The van der Waals surface area contributed by atoms with Crippen LogP contribution in [-0.2, 0) is 4.79 Å². The number of hydrogen-bond acceptors (Lipinski definition) is 5. The molecule has 0 radical (unpaired) electrons. The fourth-order valence-electron chi connectivity index (χ4n) is 1.42. The van der Waals surface area contributed by atoms with Crippen LogP contribution in [0.1, 0.15) is 0 Å². The molecule has 6 heteroatoms. The maximum absolute atomic E-state index is 11.8. The third-order valence-electron chi connectivity index (χ3n) is 2.26. The van der Waals surface area contributed by atoms with Crippen LogP contribution in [0.2, 0.25) is 0 Å². The van der Waals surface area contributed by atoms with Gasteiger partial charge in [-0.25, -0.2) is 0 Å². The van der Waals surface area contributed by atoms with E-state index in [9.17, 15) is 4.79 Å². The van der Waals surface area contributed by atoms with Gasteiger partial charge in [0, 0.05) is 38.9 Å². The van der Waals surface area contributed by atoms with Crippen molar-refractivity contribution in [2.24, 2.45) is 0 Å². The molecule has 0 bridgehead atoms. The molecule has 0 atom stereocenters. The Hall–Kier alpha value is -1.58. The summed E-state index contributed by atoms with van der Waals surface area (Å²) in [6, 6.07) is 1.86. The molecule has 1 heterocycles. The van der Waals surface area contributed by atoms with Crippen molar-refractivity contribution < 1.29 is 9.90 Å². The van der Waals surface area contributed by atoms with E-state index in [1.807, 2.05) is 6.07 Å². The molecular formula is C10H16N4O2. The van der Waals surface area contributed by atoms with Crippen LogP contribution in [0.5, 0.6) is 0 Å². The third-order valence-corrected chi connectivity index (χ3v) is 2.26. The van der Waals surface area contributed by atoms with Crippen LogP contribution in [0.3, 0.4) is 0 Å². The molecule has 3 N–H and O–H groups in total. The van der Waals surface area contributed by atoms with E-state index >= 15 is 0 Å². The lowest BCUT2D eigenvalue weighted by molar-refractivity contribution is -0.127. The fourth-order valence-corrected chi connectivity index (χ4v) is 1.42. The van der Waals surface area contributed by atoms with Crippen LogP contribution in [0.25, 0.3) is 0 Å². The number of nitrogens with one attached hydrogen (secondary N) is 2. The van der Waals surface area contributed by atoms with E-state index in [1.54, 1.807) is 4.90 Å². The van der Waals surface area contributed by atoms with Gasteiger partial charge in [0.2, 0.25) is 0 Å². The van der Waals surface area contributed by atoms with Crippen molar-refractivity contribution in [1.29, 1.82) is 5.26 Å². The van der Waals surface area contributed by atoms with E-state index in [0.717, 1.165) is 13.1 Å². The first-order valence-electron chi connectivity index (χ1n) is 5.24. The Morgan fingerprint density at radius 3 is 2.81 bits per heavy atom. The monoisotopic (exact) mass is 224 g/mol. The third kappa shape index (κ3) is 3.53. The summed E-state index contributed by atoms with van der Waals surface area (Å²) in [6.45, 7) is 3.07. The number of aliphatic hydroxyl groups excluding tert-OH is 1. The van der Waals surface area contributed by atoms with Gasteiger partial charge in [0.05, 0.1) is 6.61 Å². The van der Waals surface area contributed by atoms with E-state index in [-0.39, 0.29) is 18.1 Å². The molecule has 88 valence electrons. The summed E-state index contributed by atoms with van der Waals surface area (Å²) in [5, 5.41) is 23.2. The molecular weight excluding hydrogens is 208 g/mol. The summed E-state index contributed by atoms with van der Waals surface area (Å²) in [7, 11) is 0. The van der Waals surface area contributed by atoms with E-state index < -0.39 is 0 Å². The minimum absolute atomic E-state index is 0.0307. The lowest BCUT2D eigenvalue weighted by Gasteiger charge is -2.27. The van der Waals surface area contributed by atoms with Gasteiger partial charge in [-0.1, -0.05) is 0 Å². The van der Waals surface area contributed by atoms with Crippen molar-refractivity contribution in [3.63, 3.8) is 0 Å². The Bertz CT molecular complexity index is 302. The zero-order valence-corrected chi connectivity index (χ0v) is 9.07. The van der Waals surface area contributed by atoms with Crippen molar-refractivity contribution in [2.75, 3.05) is 39.3 Å². The Morgan fingerprint density at radius 1 is 1.56 bits per heavy atom. The number of piperazine rings is 1. The largest absolute Gasteiger partial charge is 0.395 e. The highest BCUT2D eigenvalue weighted by molar-refractivity contribution is 5.97. The van der Waals surface area contributed by atoms with Gasteiger partial charge in [-0.15, -0.1) is 0 Å². The SMILES string of the molecule is N#C/C(=C/NCCO)C(=O)N1CCNCC1. The first-order chi connectivity index (χ1) is 7.79. The molecule has 0 aromatic heterocycles. The molecule has 16 heavy (non-hydrogen) atoms. The Balaban J connectivity index is 2.54. The second-order valence-electron chi connectivity index (χ2n) is 3.39. The molecule has 1 amide bonds. The summed E-state index contributed by atoms with van der Waals surface area (Å²) in [5.74, 6) is -0.255. The van der Waals surface area contributed by atoms with Crippen molar-refractivity contribution in [2.45, 2.75) is 0 Å². The zero-order chi connectivity index (χ0) is 11.8. The molecule has 0 saturated carbocycles. The maximum atomic E-state index is 11.8. The first kappa shape index (κ1) is 12.5. The molecule has 1 rings (SSSR count). The molecule has 6 nitrogen and oxygen atoms in total. The Kier molecular flexibility index (Phi) is 5.32. The minimum atomic E-state index is -0.255. The number of rotatable bonds is 4.